The second-order valence-electron chi connectivity index (χ2n) is 3.79. The van der Waals surface area contributed by atoms with Crippen LogP contribution in [-0.2, 0) is 4.74 Å². The fourth-order valence-electron chi connectivity index (χ4n) is 1.27. The Morgan fingerprint density at radius 3 is 2.80 bits per heavy atom. The van der Waals surface area contributed by atoms with Gasteiger partial charge in [-0.25, -0.2) is 4.98 Å². The molecule has 1 unspecified atom stereocenters. The zero-order chi connectivity index (χ0) is 11.3. The van der Waals surface area contributed by atoms with E-state index in [1.807, 2.05) is 12.1 Å². The quantitative estimate of drug-likeness (QED) is 0.787. The maximum atomic E-state index is 5.96. The van der Waals surface area contributed by atoms with E-state index in [0.29, 0.717) is 17.7 Å². The lowest BCUT2D eigenvalue weighted by atomic mass is 10.1. The van der Waals surface area contributed by atoms with Crippen LogP contribution in [0.1, 0.15) is 13.8 Å². The number of rotatable bonds is 5. The highest BCUT2D eigenvalue weighted by atomic mass is 35.5. The number of halogens is 1. The van der Waals surface area contributed by atoms with Crippen LogP contribution in [0.25, 0.3) is 0 Å². The van der Waals surface area contributed by atoms with Crippen LogP contribution >= 0.6 is 11.6 Å². The molecule has 0 saturated carbocycles. The van der Waals surface area contributed by atoms with Gasteiger partial charge in [-0.3, -0.25) is 0 Å². The summed E-state index contributed by atoms with van der Waals surface area (Å²) < 4.78 is 5.15. The maximum Gasteiger partial charge on any atom is 0.152 e. The van der Waals surface area contributed by atoms with Crippen molar-refractivity contribution in [3.63, 3.8) is 0 Å². The molecular weight excluding hydrogens is 212 g/mol. The fraction of sp³-hybridized carbons (Fsp3) is 0.545. The first-order valence-corrected chi connectivity index (χ1v) is 5.39. The molecule has 1 atom stereocenters. The molecule has 0 saturated heterocycles. The lowest BCUT2D eigenvalue weighted by molar-refractivity contribution is 0.171. The monoisotopic (exact) mass is 228 g/mol. The lowest BCUT2D eigenvalue weighted by Crippen LogP contribution is -2.30. The van der Waals surface area contributed by atoms with Gasteiger partial charge in [0, 0.05) is 13.3 Å². The van der Waals surface area contributed by atoms with Crippen LogP contribution in [-0.4, -0.2) is 24.7 Å². The van der Waals surface area contributed by atoms with Crippen molar-refractivity contribution >= 4 is 17.3 Å². The van der Waals surface area contributed by atoms with Crippen molar-refractivity contribution in [2.75, 3.05) is 19.0 Å². The summed E-state index contributed by atoms with van der Waals surface area (Å²) in [6.07, 6.45) is 1.67. The summed E-state index contributed by atoms with van der Waals surface area (Å²) in [4.78, 5) is 4.01. The molecule has 0 bridgehead atoms. The molecule has 1 heterocycles. The zero-order valence-corrected chi connectivity index (χ0v) is 10.1. The van der Waals surface area contributed by atoms with Gasteiger partial charge in [-0.1, -0.05) is 25.4 Å². The first-order chi connectivity index (χ1) is 7.15. The minimum Gasteiger partial charge on any atom is -0.383 e. The molecule has 0 aliphatic rings. The summed E-state index contributed by atoms with van der Waals surface area (Å²) in [5, 5.41) is 3.83. The average molecular weight is 229 g/mol. The van der Waals surface area contributed by atoms with Crippen molar-refractivity contribution < 1.29 is 4.74 Å². The van der Waals surface area contributed by atoms with E-state index in [0.717, 1.165) is 5.69 Å². The third-order valence-electron chi connectivity index (χ3n) is 2.25. The van der Waals surface area contributed by atoms with Crippen molar-refractivity contribution in [2.24, 2.45) is 5.92 Å². The normalized spacial score (nSPS) is 12.9. The van der Waals surface area contributed by atoms with Crippen LogP contribution in [0.5, 0.6) is 0 Å². The van der Waals surface area contributed by atoms with Gasteiger partial charge in [-0.15, -0.1) is 0 Å². The molecule has 0 aromatic carbocycles. The summed E-state index contributed by atoms with van der Waals surface area (Å²) in [6, 6.07) is 4.02. The van der Waals surface area contributed by atoms with Crippen molar-refractivity contribution in [3.05, 3.63) is 23.5 Å². The van der Waals surface area contributed by atoms with Crippen LogP contribution in [0, 0.1) is 5.92 Å². The van der Waals surface area contributed by atoms with Gasteiger partial charge in [-0.05, 0) is 18.1 Å². The molecule has 84 valence electrons. The maximum absolute atomic E-state index is 5.96. The Kier molecular flexibility index (Phi) is 4.85. The third-order valence-corrected chi connectivity index (χ3v) is 2.55. The van der Waals surface area contributed by atoms with Gasteiger partial charge in [0.2, 0.25) is 0 Å². The van der Waals surface area contributed by atoms with E-state index in [9.17, 15) is 0 Å². The summed E-state index contributed by atoms with van der Waals surface area (Å²) in [7, 11) is 1.70. The smallest absolute Gasteiger partial charge is 0.152 e. The second kappa shape index (κ2) is 5.93. The highest BCUT2D eigenvalue weighted by Crippen LogP contribution is 2.20. The Balaban J connectivity index is 2.69. The standard InChI is InChI=1S/C11H17ClN2O/c1-8(2)10(7-15-3)14-9-5-4-6-13-11(9)12/h4-6,8,10,14H,7H2,1-3H3. The third kappa shape index (κ3) is 3.68. The molecule has 1 rings (SSSR count). The molecule has 0 amide bonds. The molecule has 0 aliphatic heterocycles. The molecule has 0 spiro atoms. The Bertz CT molecular complexity index is 304. The minimum atomic E-state index is 0.247. The van der Waals surface area contributed by atoms with E-state index in [-0.39, 0.29) is 6.04 Å². The molecule has 0 aliphatic carbocycles. The minimum absolute atomic E-state index is 0.247. The van der Waals surface area contributed by atoms with Crippen LogP contribution in [0.3, 0.4) is 0 Å². The first-order valence-electron chi connectivity index (χ1n) is 5.01. The van der Waals surface area contributed by atoms with Crippen molar-refractivity contribution in [3.8, 4) is 0 Å². The predicted octanol–water partition coefficient (Wildman–Crippen LogP) is 2.82. The fourth-order valence-corrected chi connectivity index (χ4v) is 1.45. The molecule has 0 radical (unpaired) electrons. The highest BCUT2D eigenvalue weighted by Gasteiger charge is 2.14. The number of pyridine rings is 1. The number of anilines is 1. The van der Waals surface area contributed by atoms with Gasteiger partial charge in [0.25, 0.3) is 0 Å². The number of aromatic nitrogens is 1. The largest absolute Gasteiger partial charge is 0.383 e. The number of nitrogens with one attached hydrogen (secondary N) is 1. The Morgan fingerprint density at radius 2 is 2.27 bits per heavy atom. The molecule has 3 nitrogen and oxygen atoms in total. The number of methoxy groups -OCH3 is 1. The number of hydrogen-bond donors (Lipinski definition) is 1. The van der Waals surface area contributed by atoms with E-state index in [2.05, 4.69) is 24.1 Å². The molecule has 1 aromatic heterocycles. The molecular formula is C11H17ClN2O. The summed E-state index contributed by atoms with van der Waals surface area (Å²) in [5.74, 6) is 0.473. The predicted molar refractivity (Wildman–Crippen MR) is 63.4 cm³/mol. The van der Waals surface area contributed by atoms with Gasteiger partial charge >= 0.3 is 0 Å². The van der Waals surface area contributed by atoms with Crippen LogP contribution in [0.2, 0.25) is 5.15 Å². The van der Waals surface area contributed by atoms with Crippen molar-refractivity contribution in [1.29, 1.82) is 0 Å². The Labute approximate surface area is 95.8 Å². The zero-order valence-electron chi connectivity index (χ0n) is 9.33. The van der Waals surface area contributed by atoms with Gasteiger partial charge in [0.1, 0.15) is 0 Å². The summed E-state index contributed by atoms with van der Waals surface area (Å²) in [6.45, 7) is 4.94. The topological polar surface area (TPSA) is 34.1 Å². The van der Waals surface area contributed by atoms with Gasteiger partial charge in [0.15, 0.2) is 5.15 Å². The summed E-state index contributed by atoms with van der Waals surface area (Å²) in [5.41, 5.74) is 0.856. The van der Waals surface area contributed by atoms with E-state index < -0.39 is 0 Å². The van der Waals surface area contributed by atoms with Gasteiger partial charge in [0.05, 0.1) is 18.3 Å². The van der Waals surface area contributed by atoms with E-state index in [1.165, 1.54) is 0 Å². The van der Waals surface area contributed by atoms with E-state index >= 15 is 0 Å². The number of ether oxygens (including phenoxy) is 1. The molecule has 1 N–H and O–H groups in total. The van der Waals surface area contributed by atoms with Gasteiger partial charge in [-0.2, -0.15) is 0 Å². The van der Waals surface area contributed by atoms with E-state index in [4.69, 9.17) is 16.3 Å². The number of nitrogens with zero attached hydrogens (tertiary/aromatic N) is 1. The molecule has 4 heteroatoms. The SMILES string of the molecule is COCC(Nc1cccnc1Cl)C(C)C. The molecule has 1 aromatic rings. The van der Waals surface area contributed by atoms with Crippen LogP contribution in [0.15, 0.2) is 18.3 Å². The first kappa shape index (κ1) is 12.3. The lowest BCUT2D eigenvalue weighted by Gasteiger charge is -2.22. The summed E-state index contributed by atoms with van der Waals surface area (Å²) >= 11 is 5.96. The van der Waals surface area contributed by atoms with Crippen molar-refractivity contribution in [2.45, 2.75) is 19.9 Å². The van der Waals surface area contributed by atoms with Crippen molar-refractivity contribution in [1.82, 2.24) is 4.98 Å². The number of hydrogen-bond acceptors (Lipinski definition) is 3. The average Bonchev–Trinajstić information content (AvgIpc) is 2.20. The highest BCUT2D eigenvalue weighted by molar-refractivity contribution is 6.31. The van der Waals surface area contributed by atoms with E-state index in [1.54, 1.807) is 13.3 Å². The Morgan fingerprint density at radius 1 is 1.53 bits per heavy atom. The van der Waals surface area contributed by atoms with Crippen LogP contribution < -0.4 is 5.32 Å². The second-order valence-corrected chi connectivity index (χ2v) is 4.15. The molecule has 0 fully saturated rings. The Hall–Kier alpha value is -0.800. The molecule has 15 heavy (non-hydrogen) atoms. The van der Waals surface area contributed by atoms with Crippen LogP contribution in [0.4, 0.5) is 5.69 Å². The van der Waals surface area contributed by atoms with Gasteiger partial charge < -0.3 is 10.1 Å².